The largest absolute Gasteiger partial charge is 0.326 e. The van der Waals surface area contributed by atoms with Gasteiger partial charge in [0.25, 0.3) is 5.56 Å². The van der Waals surface area contributed by atoms with E-state index in [9.17, 15) is 14.4 Å². The number of aromatic amines is 1. The molecule has 1 aromatic carbocycles. The van der Waals surface area contributed by atoms with Crippen molar-refractivity contribution in [3.8, 4) is 0 Å². The van der Waals surface area contributed by atoms with E-state index in [4.69, 9.17) is 0 Å². The third kappa shape index (κ3) is 4.75. The number of anilines is 1. The van der Waals surface area contributed by atoms with Crippen molar-refractivity contribution in [1.29, 1.82) is 0 Å². The number of hydrogen-bond acceptors (Lipinski definition) is 6. The zero-order valence-corrected chi connectivity index (χ0v) is 13.6. The van der Waals surface area contributed by atoms with Crippen molar-refractivity contribution in [2.45, 2.75) is 25.4 Å². The van der Waals surface area contributed by atoms with E-state index in [1.165, 1.54) is 0 Å². The first-order chi connectivity index (χ1) is 11.0. The van der Waals surface area contributed by atoms with E-state index in [-0.39, 0.29) is 28.7 Å². The predicted molar refractivity (Wildman–Crippen MR) is 87.8 cm³/mol. The minimum atomic E-state index is -0.314. The lowest BCUT2D eigenvalue weighted by molar-refractivity contribution is -0.115. The van der Waals surface area contributed by atoms with Crippen LogP contribution < -0.4 is 10.9 Å². The molecule has 0 saturated heterocycles. The molecule has 0 saturated carbocycles. The fraction of sp³-hybridized carbons (Fsp3) is 0.267. The molecule has 0 aliphatic rings. The number of thioether (sulfide) groups is 1. The van der Waals surface area contributed by atoms with Crippen LogP contribution in [0.3, 0.4) is 0 Å². The van der Waals surface area contributed by atoms with Crippen molar-refractivity contribution in [1.82, 2.24) is 15.2 Å². The Morgan fingerprint density at radius 3 is 2.52 bits per heavy atom. The minimum Gasteiger partial charge on any atom is -0.326 e. The van der Waals surface area contributed by atoms with Gasteiger partial charge in [-0.15, -0.1) is 10.2 Å². The first-order valence-corrected chi connectivity index (χ1v) is 7.97. The zero-order chi connectivity index (χ0) is 16.8. The van der Waals surface area contributed by atoms with Gasteiger partial charge < -0.3 is 5.32 Å². The Bertz CT molecular complexity index is 771. The number of hydrogen-bond donors (Lipinski definition) is 2. The van der Waals surface area contributed by atoms with Crippen LogP contribution >= 0.6 is 11.8 Å². The van der Waals surface area contributed by atoms with E-state index in [1.54, 1.807) is 38.1 Å². The maximum Gasteiger partial charge on any atom is 0.273 e. The van der Waals surface area contributed by atoms with Crippen LogP contribution in [0.4, 0.5) is 5.69 Å². The van der Waals surface area contributed by atoms with Crippen molar-refractivity contribution < 1.29 is 9.59 Å². The molecular weight excluding hydrogens is 316 g/mol. The van der Waals surface area contributed by atoms with Crippen LogP contribution in [-0.2, 0) is 4.79 Å². The second-order valence-electron chi connectivity index (χ2n) is 4.74. The summed E-state index contributed by atoms with van der Waals surface area (Å²) < 4.78 is 0. The van der Waals surface area contributed by atoms with Crippen molar-refractivity contribution in [3.05, 3.63) is 45.9 Å². The highest BCUT2D eigenvalue weighted by Crippen LogP contribution is 2.15. The highest BCUT2D eigenvalue weighted by atomic mass is 32.2. The molecule has 0 aliphatic heterocycles. The number of nitrogens with zero attached hydrogens (tertiary/aromatic N) is 2. The summed E-state index contributed by atoms with van der Waals surface area (Å²) in [5.74, 6) is -0.0536. The second kappa shape index (κ2) is 7.68. The van der Waals surface area contributed by atoms with Gasteiger partial charge in [0.15, 0.2) is 10.9 Å². The monoisotopic (exact) mass is 332 g/mol. The Morgan fingerprint density at radius 2 is 1.91 bits per heavy atom. The summed E-state index contributed by atoms with van der Waals surface area (Å²) in [6.07, 6.45) is 0.396. The maximum absolute atomic E-state index is 12.1. The van der Waals surface area contributed by atoms with Gasteiger partial charge in [-0.3, -0.25) is 19.4 Å². The summed E-state index contributed by atoms with van der Waals surface area (Å²) in [4.78, 5) is 37.4. The Kier molecular flexibility index (Phi) is 5.64. The van der Waals surface area contributed by atoms with Crippen LogP contribution in [-0.4, -0.2) is 32.6 Å². The highest BCUT2D eigenvalue weighted by Gasteiger charge is 2.09. The minimum absolute atomic E-state index is 0.0819. The molecule has 7 nitrogen and oxygen atoms in total. The van der Waals surface area contributed by atoms with E-state index in [2.05, 4.69) is 20.5 Å². The fourth-order valence-electron chi connectivity index (χ4n) is 1.65. The molecule has 0 fully saturated rings. The van der Waals surface area contributed by atoms with Crippen LogP contribution in [0.5, 0.6) is 0 Å². The Balaban J connectivity index is 1.96. The number of ketones is 1. The summed E-state index contributed by atoms with van der Waals surface area (Å²) >= 11 is 1.12. The molecule has 8 heteroatoms. The Labute approximate surface area is 136 Å². The van der Waals surface area contributed by atoms with E-state index in [0.29, 0.717) is 22.8 Å². The molecule has 1 heterocycles. The molecule has 0 spiro atoms. The van der Waals surface area contributed by atoms with E-state index >= 15 is 0 Å². The van der Waals surface area contributed by atoms with Gasteiger partial charge in [0.2, 0.25) is 5.91 Å². The van der Waals surface area contributed by atoms with Gasteiger partial charge in [-0.05, 0) is 31.2 Å². The van der Waals surface area contributed by atoms with Gasteiger partial charge in [0.05, 0.1) is 5.75 Å². The number of carbonyl (C=O) groups is 2. The maximum atomic E-state index is 12.1. The first kappa shape index (κ1) is 16.9. The van der Waals surface area contributed by atoms with Crippen molar-refractivity contribution in [2.24, 2.45) is 0 Å². The topological polar surface area (TPSA) is 105 Å². The van der Waals surface area contributed by atoms with Gasteiger partial charge in [-0.2, -0.15) is 0 Å². The number of benzene rings is 1. The molecule has 0 radical (unpaired) electrons. The molecular formula is C15H16N4O3S. The number of nitrogens with one attached hydrogen (secondary N) is 2. The average Bonchev–Trinajstić information content (AvgIpc) is 2.56. The molecule has 0 bridgehead atoms. The molecule has 2 rings (SSSR count). The van der Waals surface area contributed by atoms with E-state index in [0.717, 1.165) is 11.8 Å². The van der Waals surface area contributed by atoms with Crippen LogP contribution in [0.1, 0.15) is 29.4 Å². The molecule has 23 heavy (non-hydrogen) atoms. The standard InChI is InChI=1S/C15H16N4O3S/c1-3-13(21)16-11-6-4-10(5-7-11)12(20)8-23-15-17-14(22)9(2)18-19-15/h4-7H,3,8H2,1-2H3,(H,16,21)(H,17,19,22). The van der Waals surface area contributed by atoms with Crippen LogP contribution in [0, 0.1) is 6.92 Å². The van der Waals surface area contributed by atoms with Crippen molar-refractivity contribution in [2.75, 3.05) is 11.1 Å². The van der Waals surface area contributed by atoms with Crippen LogP contribution in [0.25, 0.3) is 0 Å². The number of aromatic nitrogens is 3. The number of H-pyrrole nitrogens is 1. The third-order valence-corrected chi connectivity index (χ3v) is 3.86. The molecule has 1 amide bonds. The lowest BCUT2D eigenvalue weighted by atomic mass is 10.1. The first-order valence-electron chi connectivity index (χ1n) is 6.99. The fourth-order valence-corrected chi connectivity index (χ4v) is 2.35. The third-order valence-electron chi connectivity index (χ3n) is 2.99. The second-order valence-corrected chi connectivity index (χ2v) is 5.70. The highest BCUT2D eigenvalue weighted by molar-refractivity contribution is 7.99. The Morgan fingerprint density at radius 1 is 1.22 bits per heavy atom. The van der Waals surface area contributed by atoms with Crippen LogP contribution in [0.15, 0.2) is 34.2 Å². The SMILES string of the molecule is CCC(=O)Nc1ccc(C(=O)CSc2nnc(C)c(=O)[nH]2)cc1. The van der Waals surface area contributed by atoms with Gasteiger partial charge in [-0.1, -0.05) is 18.7 Å². The summed E-state index contributed by atoms with van der Waals surface area (Å²) in [6, 6.07) is 6.66. The summed E-state index contributed by atoms with van der Waals surface area (Å²) in [5, 5.41) is 10.5. The Hall–Kier alpha value is -2.48. The molecule has 2 N–H and O–H groups in total. The molecule has 0 aliphatic carbocycles. The number of aryl methyl sites for hydroxylation is 1. The molecule has 2 aromatic rings. The number of rotatable bonds is 6. The quantitative estimate of drug-likeness (QED) is 0.617. The van der Waals surface area contributed by atoms with Gasteiger partial charge in [-0.25, -0.2) is 0 Å². The van der Waals surface area contributed by atoms with Crippen molar-refractivity contribution >= 4 is 29.1 Å². The molecule has 0 unspecified atom stereocenters. The molecule has 0 atom stereocenters. The molecule has 120 valence electrons. The smallest absolute Gasteiger partial charge is 0.273 e. The van der Waals surface area contributed by atoms with Gasteiger partial charge in [0, 0.05) is 17.7 Å². The van der Waals surface area contributed by atoms with E-state index < -0.39 is 0 Å². The summed E-state index contributed by atoms with van der Waals surface area (Å²) in [6.45, 7) is 3.33. The molecule has 1 aromatic heterocycles. The predicted octanol–water partition coefficient (Wildman–Crippen LogP) is 1.80. The summed E-state index contributed by atoms with van der Waals surface area (Å²) in [5.41, 5.74) is 1.14. The summed E-state index contributed by atoms with van der Waals surface area (Å²) in [7, 11) is 0. The normalized spacial score (nSPS) is 10.3. The zero-order valence-electron chi connectivity index (χ0n) is 12.8. The van der Waals surface area contributed by atoms with E-state index in [1.807, 2.05) is 0 Å². The van der Waals surface area contributed by atoms with Gasteiger partial charge >= 0.3 is 0 Å². The lowest BCUT2D eigenvalue weighted by Gasteiger charge is -2.05. The number of amides is 1. The average molecular weight is 332 g/mol. The lowest BCUT2D eigenvalue weighted by Crippen LogP contribution is -2.15. The number of carbonyl (C=O) groups excluding carboxylic acids is 2. The number of Topliss-reactive ketones (excluding diaryl/α,β-unsaturated/α-hetero) is 1. The van der Waals surface area contributed by atoms with Gasteiger partial charge in [0.1, 0.15) is 5.69 Å². The van der Waals surface area contributed by atoms with Crippen LogP contribution in [0.2, 0.25) is 0 Å². The van der Waals surface area contributed by atoms with Crippen molar-refractivity contribution in [3.63, 3.8) is 0 Å².